The van der Waals surface area contributed by atoms with Crippen LogP contribution in [-0.2, 0) is 9.53 Å². The number of alkyl halides is 2. The van der Waals surface area contributed by atoms with Crippen molar-refractivity contribution in [2.24, 2.45) is 0 Å². The van der Waals surface area contributed by atoms with Crippen LogP contribution in [0.4, 0.5) is 14.5 Å². The number of benzene rings is 1. The molecule has 0 spiro atoms. The molecule has 104 valence electrons. The van der Waals surface area contributed by atoms with E-state index in [0.29, 0.717) is 0 Å². The van der Waals surface area contributed by atoms with Gasteiger partial charge in [-0.05, 0) is 24.3 Å². The van der Waals surface area contributed by atoms with Gasteiger partial charge in [0.05, 0.1) is 13.2 Å². The van der Waals surface area contributed by atoms with E-state index in [2.05, 4.69) is 5.32 Å². The predicted octanol–water partition coefficient (Wildman–Crippen LogP) is 1.26. The van der Waals surface area contributed by atoms with Crippen molar-refractivity contribution < 1.29 is 23.4 Å². The summed E-state index contributed by atoms with van der Waals surface area (Å²) in [6, 6.07) is 1.73. The fraction of sp³-hybridized carbons (Fsp3) is 0.417. The molecule has 7 heteroatoms. The van der Waals surface area contributed by atoms with Gasteiger partial charge in [0.2, 0.25) is 0 Å². The van der Waals surface area contributed by atoms with E-state index in [9.17, 15) is 13.6 Å². The molecule has 1 heterocycles. The Balaban J connectivity index is 2.03. The molecule has 0 radical (unpaired) electrons. The molecule has 1 aliphatic heterocycles. The highest BCUT2D eigenvalue weighted by molar-refractivity contribution is 5.95. The van der Waals surface area contributed by atoms with E-state index in [1.807, 2.05) is 0 Å². The van der Waals surface area contributed by atoms with Crippen LogP contribution in [0.1, 0.15) is 0 Å². The molecule has 1 fully saturated rings. The number of hydrogen-bond donors (Lipinski definition) is 2. The van der Waals surface area contributed by atoms with Gasteiger partial charge in [-0.1, -0.05) is 0 Å². The van der Waals surface area contributed by atoms with Gasteiger partial charge in [0.25, 0.3) is 0 Å². The molecule has 1 aromatic carbocycles. The Morgan fingerprint density at radius 3 is 2.42 bits per heavy atom. The second-order valence-corrected chi connectivity index (χ2v) is 4.14. The van der Waals surface area contributed by atoms with Gasteiger partial charge in [0.15, 0.2) is 0 Å². The molecule has 0 bridgehead atoms. The number of halogens is 2. The number of aromatic hydroxyl groups is 1. The van der Waals surface area contributed by atoms with E-state index in [-0.39, 0.29) is 37.7 Å². The monoisotopic (exact) mass is 272 g/mol. The molecule has 0 unspecified atom stereocenters. The number of nitrogens with one attached hydrogen (secondary N) is 1. The summed E-state index contributed by atoms with van der Waals surface area (Å²) in [7, 11) is 0. The van der Waals surface area contributed by atoms with Gasteiger partial charge in [-0.2, -0.15) is 8.78 Å². The molecule has 1 aliphatic rings. The van der Waals surface area contributed by atoms with Crippen LogP contribution >= 0.6 is 0 Å². The summed E-state index contributed by atoms with van der Waals surface area (Å²) in [5.41, 5.74) is 0.204. The largest absolute Gasteiger partial charge is 0.508 e. The number of morpholine rings is 1. The number of carbonyl (C=O) groups excluding carboxylic acids is 1. The Labute approximate surface area is 108 Å². The van der Waals surface area contributed by atoms with Crippen molar-refractivity contribution in [3.63, 3.8) is 0 Å². The van der Waals surface area contributed by atoms with Crippen LogP contribution in [0.2, 0.25) is 0 Å². The van der Waals surface area contributed by atoms with Crippen molar-refractivity contribution >= 4 is 11.6 Å². The minimum absolute atomic E-state index is 0.00191. The summed E-state index contributed by atoms with van der Waals surface area (Å²) in [5, 5.41) is 11.2. The Bertz CT molecular complexity index is 445. The first-order valence-electron chi connectivity index (χ1n) is 5.81. The number of hydrogen-bond acceptors (Lipinski definition) is 4. The maximum atomic E-state index is 13.9. The molecular formula is C12H14F2N2O3. The molecule has 0 aromatic heterocycles. The van der Waals surface area contributed by atoms with Crippen molar-refractivity contribution in [3.05, 3.63) is 24.3 Å². The normalized spacial score (nSPS) is 17.2. The Kier molecular flexibility index (Phi) is 3.96. The Morgan fingerprint density at radius 1 is 1.26 bits per heavy atom. The van der Waals surface area contributed by atoms with Crippen molar-refractivity contribution in [2.75, 3.05) is 31.6 Å². The van der Waals surface area contributed by atoms with E-state index in [4.69, 9.17) is 9.84 Å². The van der Waals surface area contributed by atoms with Gasteiger partial charge in [-0.15, -0.1) is 0 Å². The van der Waals surface area contributed by atoms with Crippen LogP contribution in [-0.4, -0.2) is 48.3 Å². The summed E-state index contributed by atoms with van der Waals surface area (Å²) in [6.45, 7) is 0.385. The third-order valence-electron chi connectivity index (χ3n) is 2.81. The molecule has 5 nitrogen and oxygen atoms in total. The number of nitrogens with zero attached hydrogens (tertiary/aromatic N) is 1. The molecule has 2 rings (SSSR count). The van der Waals surface area contributed by atoms with Gasteiger partial charge < -0.3 is 15.2 Å². The predicted molar refractivity (Wildman–Crippen MR) is 64.1 cm³/mol. The van der Waals surface area contributed by atoms with E-state index < -0.39 is 12.0 Å². The molecular weight excluding hydrogens is 258 g/mol. The summed E-state index contributed by atoms with van der Waals surface area (Å²) >= 11 is 0. The van der Waals surface area contributed by atoms with Gasteiger partial charge in [0, 0.05) is 18.8 Å². The van der Waals surface area contributed by atoms with Gasteiger partial charge in [-0.3, -0.25) is 4.79 Å². The summed E-state index contributed by atoms with van der Waals surface area (Å²) in [6.07, 6.45) is 0. The van der Waals surface area contributed by atoms with Gasteiger partial charge in [0.1, 0.15) is 5.75 Å². The second kappa shape index (κ2) is 5.50. The zero-order chi connectivity index (χ0) is 13.9. The standard InChI is InChI=1S/C12H14F2N2O3/c13-12(14,16-5-7-19-8-6-16)11(18)15-9-1-3-10(17)4-2-9/h1-4,17H,5-8H2,(H,15,18). The van der Waals surface area contributed by atoms with Crippen LogP contribution in [0.3, 0.4) is 0 Å². The number of amides is 1. The number of phenolic OH excluding ortho intramolecular Hbond substituents is 1. The van der Waals surface area contributed by atoms with Crippen LogP contribution in [0.5, 0.6) is 5.75 Å². The van der Waals surface area contributed by atoms with Crippen molar-refractivity contribution in [3.8, 4) is 5.75 Å². The number of ether oxygens (including phenoxy) is 1. The SMILES string of the molecule is O=C(Nc1ccc(O)cc1)C(F)(F)N1CCOCC1. The third kappa shape index (κ3) is 3.18. The quantitative estimate of drug-likeness (QED) is 0.642. The maximum absolute atomic E-state index is 13.9. The van der Waals surface area contributed by atoms with Crippen molar-refractivity contribution in [2.45, 2.75) is 6.05 Å². The molecule has 1 amide bonds. The smallest absolute Gasteiger partial charge is 0.384 e. The lowest BCUT2D eigenvalue weighted by molar-refractivity contribution is -0.183. The lowest BCUT2D eigenvalue weighted by Gasteiger charge is -2.32. The summed E-state index contributed by atoms with van der Waals surface area (Å²) in [4.78, 5) is 12.4. The maximum Gasteiger partial charge on any atom is 0.384 e. The number of rotatable bonds is 3. The van der Waals surface area contributed by atoms with E-state index in [1.165, 1.54) is 24.3 Å². The average molecular weight is 272 g/mol. The van der Waals surface area contributed by atoms with Crippen molar-refractivity contribution in [1.29, 1.82) is 0 Å². The first-order chi connectivity index (χ1) is 9.00. The molecule has 0 atom stereocenters. The number of phenols is 1. The minimum atomic E-state index is -3.58. The topological polar surface area (TPSA) is 61.8 Å². The zero-order valence-electron chi connectivity index (χ0n) is 10.1. The summed E-state index contributed by atoms with van der Waals surface area (Å²) in [5.74, 6) is -1.39. The highest BCUT2D eigenvalue weighted by atomic mass is 19.3. The molecule has 0 aliphatic carbocycles. The van der Waals surface area contributed by atoms with Crippen LogP contribution in [0.15, 0.2) is 24.3 Å². The first-order valence-corrected chi connectivity index (χ1v) is 5.81. The van der Waals surface area contributed by atoms with Crippen LogP contribution in [0, 0.1) is 0 Å². The van der Waals surface area contributed by atoms with E-state index in [0.717, 1.165) is 4.90 Å². The molecule has 1 aromatic rings. The first kappa shape index (κ1) is 13.7. The van der Waals surface area contributed by atoms with E-state index in [1.54, 1.807) is 0 Å². The highest BCUT2D eigenvalue weighted by Crippen LogP contribution is 2.23. The Hall–Kier alpha value is -1.73. The molecule has 2 N–H and O–H groups in total. The third-order valence-corrected chi connectivity index (χ3v) is 2.81. The average Bonchev–Trinajstić information content (AvgIpc) is 2.42. The highest BCUT2D eigenvalue weighted by Gasteiger charge is 2.45. The molecule has 0 saturated carbocycles. The number of carbonyl (C=O) groups is 1. The van der Waals surface area contributed by atoms with Gasteiger partial charge >= 0.3 is 12.0 Å². The lowest BCUT2D eigenvalue weighted by atomic mass is 10.3. The van der Waals surface area contributed by atoms with E-state index >= 15 is 0 Å². The lowest BCUT2D eigenvalue weighted by Crippen LogP contribution is -2.54. The van der Waals surface area contributed by atoms with Crippen LogP contribution in [0.25, 0.3) is 0 Å². The fourth-order valence-corrected chi connectivity index (χ4v) is 1.74. The van der Waals surface area contributed by atoms with Crippen LogP contribution < -0.4 is 5.32 Å². The molecule has 19 heavy (non-hydrogen) atoms. The fourth-order valence-electron chi connectivity index (χ4n) is 1.74. The van der Waals surface area contributed by atoms with Crippen molar-refractivity contribution in [1.82, 2.24) is 4.90 Å². The van der Waals surface area contributed by atoms with Gasteiger partial charge in [-0.25, -0.2) is 4.90 Å². The summed E-state index contributed by atoms with van der Waals surface area (Å²) < 4.78 is 32.7. The minimum Gasteiger partial charge on any atom is -0.508 e. The number of anilines is 1. The zero-order valence-corrected chi connectivity index (χ0v) is 10.1. The second-order valence-electron chi connectivity index (χ2n) is 4.14. The Morgan fingerprint density at radius 2 is 1.84 bits per heavy atom. The molecule has 1 saturated heterocycles.